The summed E-state index contributed by atoms with van der Waals surface area (Å²) < 4.78 is 1.31. The van der Waals surface area contributed by atoms with Crippen LogP contribution in [0.15, 0.2) is 66.7 Å². The van der Waals surface area contributed by atoms with E-state index in [0.29, 0.717) is 5.92 Å². The third kappa shape index (κ3) is 3.59. The van der Waals surface area contributed by atoms with Crippen LogP contribution in [0.25, 0.3) is 21.9 Å². The first kappa shape index (κ1) is 18.7. The molecule has 0 radical (unpaired) electrons. The molecule has 1 aliphatic carbocycles. The highest BCUT2D eigenvalue weighted by Crippen LogP contribution is 2.40. The molecule has 1 heteroatoms. The molecule has 3 aromatic carbocycles. The largest absolute Gasteiger partial charge is 0.0885 e. The smallest absolute Gasteiger partial charge is 0.0209 e. The zero-order chi connectivity index (χ0) is 19.0. The summed E-state index contributed by atoms with van der Waals surface area (Å²) in [7, 11) is 0. The molecule has 0 nitrogen and oxygen atoms in total. The maximum atomic E-state index is 2.47. The highest BCUT2D eigenvalue weighted by molar-refractivity contribution is 14.1. The van der Waals surface area contributed by atoms with Gasteiger partial charge >= 0.3 is 0 Å². The number of benzene rings is 3. The van der Waals surface area contributed by atoms with Crippen molar-refractivity contribution >= 4 is 33.4 Å². The molecule has 3 aromatic rings. The Kier molecular flexibility index (Phi) is 5.15. The molecule has 4 rings (SSSR count). The summed E-state index contributed by atoms with van der Waals surface area (Å²) in [6.45, 7) is 7.17. The second kappa shape index (κ2) is 7.43. The van der Waals surface area contributed by atoms with Gasteiger partial charge in [-0.3, -0.25) is 0 Å². The van der Waals surface area contributed by atoms with Crippen LogP contribution >= 0.6 is 22.6 Å². The molecular formula is C26H27I. The van der Waals surface area contributed by atoms with Gasteiger partial charge in [-0.2, -0.15) is 0 Å². The van der Waals surface area contributed by atoms with Crippen molar-refractivity contribution in [3.63, 3.8) is 0 Å². The van der Waals surface area contributed by atoms with Gasteiger partial charge in [-0.05, 0) is 92.3 Å². The average Bonchev–Trinajstić information content (AvgIpc) is 2.72. The number of rotatable bonds is 1. The fourth-order valence-corrected chi connectivity index (χ4v) is 5.01. The van der Waals surface area contributed by atoms with Crippen LogP contribution in [-0.4, -0.2) is 0 Å². The first-order valence-corrected chi connectivity index (χ1v) is 11.0. The van der Waals surface area contributed by atoms with E-state index < -0.39 is 0 Å². The zero-order valence-electron chi connectivity index (χ0n) is 16.4. The van der Waals surface area contributed by atoms with Crippen molar-refractivity contribution in [3.8, 4) is 11.1 Å². The molecule has 0 bridgehead atoms. The quantitative estimate of drug-likeness (QED) is 0.250. The second-order valence-electron chi connectivity index (χ2n) is 8.48. The van der Waals surface area contributed by atoms with E-state index in [4.69, 9.17) is 0 Å². The molecule has 0 aliphatic heterocycles. The summed E-state index contributed by atoms with van der Waals surface area (Å²) >= 11 is 2.44. The number of allylic oxidation sites excluding steroid dienone is 2. The SMILES string of the molecule is CC1CC/C=C\CC(C)(C)c2cc(-c3ccc(I)c4ccccc34)ccc21. The molecule has 0 fully saturated rings. The molecule has 0 saturated carbocycles. The summed E-state index contributed by atoms with van der Waals surface area (Å²) in [6, 6.07) is 20.5. The Labute approximate surface area is 176 Å². The van der Waals surface area contributed by atoms with Crippen molar-refractivity contribution in [2.45, 2.75) is 51.4 Å². The van der Waals surface area contributed by atoms with Gasteiger partial charge in [-0.1, -0.05) is 81.5 Å². The molecule has 0 saturated heterocycles. The van der Waals surface area contributed by atoms with Crippen LogP contribution in [0.2, 0.25) is 0 Å². The Bertz CT molecular complexity index is 1010. The second-order valence-corrected chi connectivity index (χ2v) is 9.64. The van der Waals surface area contributed by atoms with Crippen molar-refractivity contribution in [3.05, 3.63) is 81.4 Å². The Morgan fingerprint density at radius 3 is 2.52 bits per heavy atom. The molecule has 0 spiro atoms. The van der Waals surface area contributed by atoms with Gasteiger partial charge in [0.05, 0.1) is 0 Å². The fourth-order valence-electron chi connectivity index (χ4n) is 4.36. The van der Waals surface area contributed by atoms with Crippen molar-refractivity contribution in [1.82, 2.24) is 0 Å². The molecule has 0 aromatic heterocycles. The van der Waals surface area contributed by atoms with E-state index in [1.54, 1.807) is 0 Å². The number of fused-ring (bicyclic) bond motifs is 2. The van der Waals surface area contributed by atoms with E-state index in [1.165, 1.54) is 49.4 Å². The van der Waals surface area contributed by atoms with Gasteiger partial charge < -0.3 is 0 Å². The number of hydrogen-bond donors (Lipinski definition) is 0. The lowest BCUT2D eigenvalue weighted by molar-refractivity contribution is 0.524. The maximum Gasteiger partial charge on any atom is 0.0209 e. The average molecular weight is 466 g/mol. The minimum absolute atomic E-state index is 0.152. The Hall–Kier alpha value is -1.61. The molecule has 138 valence electrons. The predicted octanol–water partition coefficient (Wildman–Crippen LogP) is 8.23. The van der Waals surface area contributed by atoms with E-state index >= 15 is 0 Å². The molecule has 0 amide bonds. The Balaban J connectivity index is 1.92. The predicted molar refractivity (Wildman–Crippen MR) is 127 cm³/mol. The van der Waals surface area contributed by atoms with Crippen molar-refractivity contribution < 1.29 is 0 Å². The fraction of sp³-hybridized carbons (Fsp3) is 0.308. The third-order valence-electron chi connectivity index (χ3n) is 6.06. The van der Waals surface area contributed by atoms with E-state index in [-0.39, 0.29) is 5.41 Å². The summed E-state index contributed by atoms with van der Waals surface area (Å²) in [4.78, 5) is 0. The lowest BCUT2D eigenvalue weighted by Gasteiger charge is -2.29. The third-order valence-corrected chi connectivity index (χ3v) is 7.00. The van der Waals surface area contributed by atoms with E-state index in [2.05, 4.69) is 110 Å². The van der Waals surface area contributed by atoms with Crippen LogP contribution in [0.1, 0.15) is 57.1 Å². The van der Waals surface area contributed by atoms with Crippen molar-refractivity contribution in [1.29, 1.82) is 0 Å². The zero-order valence-corrected chi connectivity index (χ0v) is 18.6. The molecule has 1 unspecified atom stereocenters. The van der Waals surface area contributed by atoms with E-state index in [0.717, 1.165) is 6.42 Å². The van der Waals surface area contributed by atoms with Gasteiger partial charge in [0, 0.05) is 3.57 Å². The van der Waals surface area contributed by atoms with Gasteiger partial charge in [-0.25, -0.2) is 0 Å². The highest BCUT2D eigenvalue weighted by atomic mass is 127. The highest BCUT2D eigenvalue weighted by Gasteiger charge is 2.26. The summed E-state index contributed by atoms with van der Waals surface area (Å²) in [5, 5.41) is 2.69. The summed E-state index contributed by atoms with van der Waals surface area (Å²) in [5.74, 6) is 0.601. The lowest BCUT2D eigenvalue weighted by Crippen LogP contribution is -2.19. The van der Waals surface area contributed by atoms with Gasteiger partial charge in [0.25, 0.3) is 0 Å². The molecule has 0 N–H and O–H groups in total. The summed E-state index contributed by atoms with van der Waals surface area (Å²) in [6.07, 6.45) is 8.27. The molecular weight excluding hydrogens is 439 g/mol. The van der Waals surface area contributed by atoms with Crippen LogP contribution in [0, 0.1) is 3.57 Å². The van der Waals surface area contributed by atoms with E-state index in [1.807, 2.05) is 0 Å². The summed E-state index contributed by atoms with van der Waals surface area (Å²) in [5.41, 5.74) is 5.88. The van der Waals surface area contributed by atoms with Gasteiger partial charge in [-0.15, -0.1) is 0 Å². The van der Waals surface area contributed by atoms with Gasteiger partial charge in [0.2, 0.25) is 0 Å². The first-order valence-electron chi connectivity index (χ1n) is 9.94. The topological polar surface area (TPSA) is 0 Å². The van der Waals surface area contributed by atoms with Gasteiger partial charge in [0.1, 0.15) is 0 Å². The van der Waals surface area contributed by atoms with Crippen molar-refractivity contribution in [2.75, 3.05) is 0 Å². The number of hydrogen-bond acceptors (Lipinski definition) is 0. The normalized spacial score (nSPS) is 20.4. The Morgan fingerprint density at radius 1 is 0.926 bits per heavy atom. The van der Waals surface area contributed by atoms with Gasteiger partial charge in [0.15, 0.2) is 0 Å². The molecule has 1 aliphatic rings. The van der Waals surface area contributed by atoms with Crippen LogP contribution in [0.4, 0.5) is 0 Å². The number of halogens is 1. The van der Waals surface area contributed by atoms with Crippen LogP contribution < -0.4 is 0 Å². The van der Waals surface area contributed by atoms with E-state index in [9.17, 15) is 0 Å². The van der Waals surface area contributed by atoms with Crippen LogP contribution in [0.3, 0.4) is 0 Å². The molecule has 27 heavy (non-hydrogen) atoms. The van der Waals surface area contributed by atoms with Crippen LogP contribution in [-0.2, 0) is 5.41 Å². The Morgan fingerprint density at radius 2 is 1.70 bits per heavy atom. The molecule has 1 atom stereocenters. The first-order chi connectivity index (χ1) is 13.0. The molecule has 0 heterocycles. The monoisotopic (exact) mass is 466 g/mol. The minimum Gasteiger partial charge on any atom is -0.0885 e. The van der Waals surface area contributed by atoms with Crippen LogP contribution in [0.5, 0.6) is 0 Å². The maximum absolute atomic E-state index is 2.47. The minimum atomic E-state index is 0.152. The lowest BCUT2D eigenvalue weighted by atomic mass is 9.75. The van der Waals surface area contributed by atoms with Crippen molar-refractivity contribution in [2.24, 2.45) is 0 Å². The standard InChI is InChI=1S/C26H27I/c1-18-9-5-4-8-16-26(2,3)24-17-19(12-13-20(18)24)21-14-15-25(27)23-11-7-6-10-22(21)23/h4,6-8,10-15,17-18H,5,9,16H2,1-3H3/b8-4-.